The van der Waals surface area contributed by atoms with Gasteiger partial charge in [-0.3, -0.25) is 4.79 Å². The Labute approximate surface area is 163 Å². The number of piperazine rings is 1. The number of fused-ring (bicyclic) bond motifs is 1. The lowest BCUT2D eigenvalue weighted by Gasteiger charge is -2.34. The number of carbonyl (C=O) groups is 1. The second-order valence-electron chi connectivity index (χ2n) is 6.68. The molecule has 1 fully saturated rings. The third-order valence-corrected chi connectivity index (χ3v) is 6.62. The van der Waals surface area contributed by atoms with E-state index in [9.17, 15) is 13.2 Å². The van der Waals surface area contributed by atoms with E-state index in [2.05, 4.69) is 20.6 Å². The van der Waals surface area contributed by atoms with E-state index in [0.29, 0.717) is 31.1 Å². The van der Waals surface area contributed by atoms with Crippen LogP contribution in [0.1, 0.15) is 18.8 Å². The molecule has 0 bridgehead atoms. The molecule has 1 amide bonds. The third kappa shape index (κ3) is 3.51. The Morgan fingerprint density at radius 1 is 1.18 bits per heavy atom. The van der Waals surface area contributed by atoms with E-state index in [1.54, 1.807) is 12.1 Å². The molecule has 8 nitrogen and oxygen atoms in total. The number of aromatic amines is 1. The molecular formula is C19H21N5O3S. The van der Waals surface area contributed by atoms with Gasteiger partial charge < -0.3 is 15.6 Å². The standard InChI is InChI=1S/C19H21N5O3S/c1-13(25)21-14-6-8-15(9-7-14)28(26,27)24-11-10-20-12-18(24)19-22-16-4-2-3-5-17(16)23-19/h2-9,18,20H,10-12H2,1H3,(H,21,25)(H,22,23). The Bertz CT molecular complexity index is 1080. The van der Waals surface area contributed by atoms with Gasteiger partial charge in [0.2, 0.25) is 15.9 Å². The van der Waals surface area contributed by atoms with Gasteiger partial charge in [0.15, 0.2) is 0 Å². The van der Waals surface area contributed by atoms with Crippen LogP contribution in [0.5, 0.6) is 0 Å². The van der Waals surface area contributed by atoms with Crippen LogP contribution in [0.3, 0.4) is 0 Å². The van der Waals surface area contributed by atoms with Crippen LogP contribution in [0.2, 0.25) is 0 Å². The van der Waals surface area contributed by atoms with Gasteiger partial charge in [-0.15, -0.1) is 0 Å². The van der Waals surface area contributed by atoms with Crippen molar-refractivity contribution in [3.05, 3.63) is 54.4 Å². The number of carbonyl (C=O) groups excluding carboxylic acids is 1. The highest BCUT2D eigenvalue weighted by atomic mass is 32.2. The number of hydrogen-bond donors (Lipinski definition) is 3. The molecule has 2 aromatic carbocycles. The number of amides is 1. The predicted molar refractivity (Wildman–Crippen MR) is 106 cm³/mol. The molecule has 1 atom stereocenters. The number of anilines is 1. The van der Waals surface area contributed by atoms with Crippen molar-refractivity contribution in [2.24, 2.45) is 0 Å². The van der Waals surface area contributed by atoms with Crippen LogP contribution in [0, 0.1) is 0 Å². The molecule has 1 unspecified atom stereocenters. The molecule has 9 heteroatoms. The maximum absolute atomic E-state index is 13.3. The molecule has 2 heterocycles. The van der Waals surface area contributed by atoms with Gasteiger partial charge in [0.05, 0.1) is 22.0 Å². The van der Waals surface area contributed by atoms with Gasteiger partial charge in [0.25, 0.3) is 0 Å². The molecule has 0 saturated carbocycles. The minimum absolute atomic E-state index is 0.185. The van der Waals surface area contributed by atoms with Crippen molar-refractivity contribution in [1.82, 2.24) is 19.6 Å². The molecule has 28 heavy (non-hydrogen) atoms. The van der Waals surface area contributed by atoms with Gasteiger partial charge in [-0.25, -0.2) is 13.4 Å². The zero-order chi connectivity index (χ0) is 19.7. The van der Waals surface area contributed by atoms with Crippen LogP contribution in [0.25, 0.3) is 11.0 Å². The summed E-state index contributed by atoms with van der Waals surface area (Å²) in [5, 5.41) is 5.89. The van der Waals surface area contributed by atoms with E-state index < -0.39 is 16.1 Å². The Hall–Kier alpha value is -2.75. The number of para-hydroxylation sites is 2. The number of imidazole rings is 1. The van der Waals surface area contributed by atoms with Gasteiger partial charge in [0, 0.05) is 32.2 Å². The Morgan fingerprint density at radius 2 is 1.93 bits per heavy atom. The number of sulfonamides is 1. The molecule has 1 aromatic heterocycles. The first kappa shape index (κ1) is 18.6. The lowest BCUT2D eigenvalue weighted by molar-refractivity contribution is -0.114. The van der Waals surface area contributed by atoms with Gasteiger partial charge in [-0.2, -0.15) is 4.31 Å². The summed E-state index contributed by atoms with van der Waals surface area (Å²) in [5.74, 6) is 0.412. The van der Waals surface area contributed by atoms with E-state index in [-0.39, 0.29) is 10.8 Å². The maximum atomic E-state index is 13.3. The first-order valence-corrected chi connectivity index (χ1v) is 10.4. The lowest BCUT2D eigenvalue weighted by atomic mass is 10.2. The fourth-order valence-corrected chi connectivity index (χ4v) is 4.98. The monoisotopic (exact) mass is 399 g/mol. The second kappa shape index (κ2) is 7.34. The molecule has 1 aliphatic heterocycles. The van der Waals surface area contributed by atoms with Crippen molar-refractivity contribution in [2.75, 3.05) is 25.0 Å². The zero-order valence-corrected chi connectivity index (χ0v) is 16.2. The van der Waals surface area contributed by atoms with Crippen molar-refractivity contribution >= 4 is 32.7 Å². The Morgan fingerprint density at radius 3 is 2.64 bits per heavy atom. The van der Waals surface area contributed by atoms with Gasteiger partial charge in [-0.05, 0) is 36.4 Å². The van der Waals surface area contributed by atoms with Crippen LogP contribution in [-0.2, 0) is 14.8 Å². The molecular weight excluding hydrogens is 378 g/mol. The minimum Gasteiger partial charge on any atom is -0.341 e. The largest absolute Gasteiger partial charge is 0.341 e. The van der Waals surface area contributed by atoms with Crippen LogP contribution in [0.15, 0.2) is 53.4 Å². The van der Waals surface area contributed by atoms with Crippen molar-refractivity contribution in [3.63, 3.8) is 0 Å². The predicted octanol–water partition coefficient (Wildman–Crippen LogP) is 1.86. The summed E-state index contributed by atoms with van der Waals surface area (Å²) in [6.07, 6.45) is 0. The van der Waals surface area contributed by atoms with Crippen molar-refractivity contribution in [3.8, 4) is 0 Å². The van der Waals surface area contributed by atoms with Crippen LogP contribution >= 0.6 is 0 Å². The van der Waals surface area contributed by atoms with E-state index in [1.165, 1.54) is 23.4 Å². The van der Waals surface area contributed by atoms with Crippen LogP contribution in [-0.4, -0.2) is 48.2 Å². The Kier molecular flexibility index (Phi) is 4.88. The molecule has 0 aliphatic carbocycles. The summed E-state index contributed by atoms with van der Waals surface area (Å²) < 4.78 is 28.1. The first-order chi connectivity index (χ1) is 13.4. The number of hydrogen-bond acceptors (Lipinski definition) is 5. The number of benzene rings is 2. The number of nitrogens with zero attached hydrogens (tertiary/aromatic N) is 2. The van der Waals surface area contributed by atoms with E-state index in [4.69, 9.17) is 0 Å². The van der Waals surface area contributed by atoms with E-state index >= 15 is 0 Å². The van der Waals surface area contributed by atoms with Gasteiger partial charge in [0.1, 0.15) is 5.82 Å². The lowest BCUT2D eigenvalue weighted by Crippen LogP contribution is -2.48. The number of H-pyrrole nitrogens is 1. The SMILES string of the molecule is CC(=O)Nc1ccc(S(=O)(=O)N2CCNCC2c2nc3ccccc3[nH]2)cc1. The highest BCUT2D eigenvalue weighted by molar-refractivity contribution is 7.89. The number of nitrogens with one attached hydrogen (secondary N) is 3. The summed E-state index contributed by atoms with van der Waals surface area (Å²) in [7, 11) is -3.72. The summed E-state index contributed by atoms with van der Waals surface area (Å²) in [5.41, 5.74) is 2.24. The molecule has 0 spiro atoms. The van der Waals surface area contributed by atoms with Crippen molar-refractivity contribution in [1.29, 1.82) is 0 Å². The van der Waals surface area contributed by atoms with Crippen molar-refractivity contribution in [2.45, 2.75) is 17.9 Å². The fourth-order valence-electron chi connectivity index (χ4n) is 3.39. The maximum Gasteiger partial charge on any atom is 0.243 e. The highest BCUT2D eigenvalue weighted by Gasteiger charge is 2.36. The van der Waals surface area contributed by atoms with E-state index in [1.807, 2.05) is 24.3 Å². The molecule has 0 radical (unpaired) electrons. The summed E-state index contributed by atoms with van der Waals surface area (Å²) in [6.45, 7) is 2.80. The number of rotatable bonds is 4. The highest BCUT2D eigenvalue weighted by Crippen LogP contribution is 2.29. The molecule has 3 N–H and O–H groups in total. The molecule has 146 valence electrons. The van der Waals surface area contributed by atoms with Gasteiger partial charge >= 0.3 is 0 Å². The van der Waals surface area contributed by atoms with Crippen LogP contribution in [0.4, 0.5) is 5.69 Å². The fraction of sp³-hybridized carbons (Fsp3) is 0.263. The average Bonchev–Trinajstić information content (AvgIpc) is 3.12. The number of aromatic nitrogens is 2. The first-order valence-electron chi connectivity index (χ1n) is 9.00. The normalized spacial score (nSPS) is 18.2. The van der Waals surface area contributed by atoms with Gasteiger partial charge in [-0.1, -0.05) is 12.1 Å². The smallest absolute Gasteiger partial charge is 0.243 e. The second-order valence-corrected chi connectivity index (χ2v) is 8.57. The summed E-state index contributed by atoms with van der Waals surface area (Å²) in [6, 6.07) is 13.4. The summed E-state index contributed by atoms with van der Waals surface area (Å²) >= 11 is 0. The molecule has 4 rings (SSSR count). The zero-order valence-electron chi connectivity index (χ0n) is 15.3. The minimum atomic E-state index is -3.72. The summed E-state index contributed by atoms with van der Waals surface area (Å²) in [4.78, 5) is 19.2. The van der Waals surface area contributed by atoms with E-state index in [0.717, 1.165) is 11.0 Å². The molecule has 3 aromatic rings. The quantitative estimate of drug-likeness (QED) is 0.621. The Balaban J connectivity index is 1.67. The molecule has 1 aliphatic rings. The third-order valence-electron chi connectivity index (χ3n) is 4.70. The average molecular weight is 399 g/mol. The van der Waals surface area contributed by atoms with Crippen molar-refractivity contribution < 1.29 is 13.2 Å². The van der Waals surface area contributed by atoms with Crippen LogP contribution < -0.4 is 10.6 Å². The molecule has 1 saturated heterocycles. The topological polar surface area (TPSA) is 107 Å².